The topological polar surface area (TPSA) is 126 Å². The van der Waals surface area contributed by atoms with E-state index in [1.807, 2.05) is 0 Å². The molecule has 0 aliphatic heterocycles. The van der Waals surface area contributed by atoms with Crippen molar-refractivity contribution in [3.63, 3.8) is 0 Å². The highest BCUT2D eigenvalue weighted by atomic mass is 79.9. The van der Waals surface area contributed by atoms with Gasteiger partial charge >= 0.3 is 0 Å². The lowest BCUT2D eigenvalue weighted by Crippen LogP contribution is -2.25. The lowest BCUT2D eigenvalue weighted by atomic mass is 10.4. The fourth-order valence-corrected chi connectivity index (χ4v) is 2.96. The minimum atomic E-state index is -3.73. The third-order valence-electron chi connectivity index (χ3n) is 2.16. The van der Waals surface area contributed by atoms with Crippen LogP contribution < -0.4 is 10.0 Å². The predicted octanol–water partition coefficient (Wildman–Crippen LogP) is -0.123. The van der Waals surface area contributed by atoms with Gasteiger partial charge in [0.25, 0.3) is 0 Å². The quantitative estimate of drug-likeness (QED) is 0.688. The van der Waals surface area contributed by atoms with E-state index < -0.39 is 10.0 Å². The molecule has 3 N–H and O–H groups in total. The Bertz CT molecular complexity index is 658. The molecule has 0 amide bonds. The molecule has 0 bridgehead atoms. The van der Waals surface area contributed by atoms with Crippen molar-refractivity contribution in [1.29, 1.82) is 0 Å². The predicted molar refractivity (Wildman–Crippen MR) is 69.7 cm³/mol. The molecule has 11 heteroatoms. The molecular weight excluding hydrogens is 338 g/mol. The molecule has 102 valence electrons. The lowest BCUT2D eigenvalue weighted by Gasteiger charge is -2.09. The monoisotopic (exact) mass is 347 g/mol. The number of hydrogen-bond acceptors (Lipinski definition) is 7. The highest BCUT2D eigenvalue weighted by Gasteiger charge is 2.20. The van der Waals surface area contributed by atoms with Gasteiger partial charge in [-0.05, 0) is 22.0 Å². The van der Waals surface area contributed by atoms with Gasteiger partial charge in [-0.1, -0.05) is 5.21 Å². The van der Waals surface area contributed by atoms with Crippen LogP contribution in [0.25, 0.3) is 0 Å². The number of aromatic amines is 1. The van der Waals surface area contributed by atoms with E-state index in [2.05, 4.69) is 51.6 Å². The van der Waals surface area contributed by atoms with E-state index in [1.165, 1.54) is 12.3 Å². The average molecular weight is 348 g/mol. The van der Waals surface area contributed by atoms with Crippen LogP contribution in [0.5, 0.6) is 0 Å². The van der Waals surface area contributed by atoms with Gasteiger partial charge in [-0.15, -0.1) is 10.2 Å². The smallest absolute Gasteiger partial charge is 0.244 e. The van der Waals surface area contributed by atoms with Crippen molar-refractivity contribution < 1.29 is 8.42 Å². The van der Waals surface area contributed by atoms with Crippen molar-refractivity contribution in [3.8, 4) is 0 Å². The summed E-state index contributed by atoms with van der Waals surface area (Å²) in [5.74, 6) is 0.501. The highest BCUT2D eigenvalue weighted by molar-refractivity contribution is 9.10. The molecule has 0 unspecified atom stereocenters. The second-order valence-electron chi connectivity index (χ2n) is 3.40. The molecule has 0 saturated heterocycles. The van der Waals surface area contributed by atoms with Crippen LogP contribution in [-0.4, -0.2) is 41.1 Å². The molecule has 0 spiro atoms. The summed E-state index contributed by atoms with van der Waals surface area (Å²) in [4.78, 5) is 4.02. The number of H-pyrrole nitrogens is 1. The lowest BCUT2D eigenvalue weighted by molar-refractivity contribution is 0.579. The molecule has 0 atom stereocenters. The summed E-state index contributed by atoms with van der Waals surface area (Å²) in [5, 5.41) is 15.6. The van der Waals surface area contributed by atoms with Crippen molar-refractivity contribution in [2.24, 2.45) is 0 Å². The van der Waals surface area contributed by atoms with Gasteiger partial charge in [-0.3, -0.25) is 0 Å². The third kappa shape index (κ3) is 3.24. The Morgan fingerprint density at radius 1 is 1.47 bits per heavy atom. The molecule has 19 heavy (non-hydrogen) atoms. The second-order valence-corrected chi connectivity index (χ2v) is 6.05. The van der Waals surface area contributed by atoms with Crippen LogP contribution >= 0.6 is 15.9 Å². The number of aromatic nitrogens is 5. The van der Waals surface area contributed by atoms with Gasteiger partial charge in [-0.2, -0.15) is 5.21 Å². The standard InChI is InChI=1S/C8H10BrN7O2S/c1-10-8-6(2-5(9)3-11-8)19(17,18)12-4-7-13-15-16-14-7/h2-3,12H,4H2,1H3,(H,10,11)(H,13,14,15,16). The van der Waals surface area contributed by atoms with Gasteiger partial charge in [0.15, 0.2) is 5.82 Å². The van der Waals surface area contributed by atoms with Crippen LogP contribution in [0.15, 0.2) is 21.6 Å². The van der Waals surface area contributed by atoms with E-state index in [0.717, 1.165) is 0 Å². The maximum Gasteiger partial charge on any atom is 0.244 e. The Morgan fingerprint density at radius 2 is 2.26 bits per heavy atom. The Hall–Kier alpha value is -1.59. The van der Waals surface area contributed by atoms with Crippen LogP contribution in [0.1, 0.15) is 5.82 Å². The average Bonchev–Trinajstić information content (AvgIpc) is 2.89. The number of pyridine rings is 1. The number of anilines is 1. The zero-order valence-corrected chi connectivity index (χ0v) is 12.2. The van der Waals surface area contributed by atoms with Crippen molar-refractivity contribution in [3.05, 3.63) is 22.6 Å². The first kappa shape index (κ1) is 13.8. The third-order valence-corrected chi connectivity index (χ3v) is 4.00. The van der Waals surface area contributed by atoms with E-state index in [0.29, 0.717) is 4.47 Å². The fourth-order valence-electron chi connectivity index (χ4n) is 1.31. The minimum absolute atomic E-state index is 0.0351. The molecule has 2 heterocycles. The molecule has 0 radical (unpaired) electrons. The van der Waals surface area contributed by atoms with Gasteiger partial charge in [0.05, 0.1) is 6.54 Å². The Labute approximate surface area is 117 Å². The number of halogens is 1. The second kappa shape index (κ2) is 5.59. The minimum Gasteiger partial charge on any atom is -0.372 e. The Balaban J connectivity index is 2.26. The zero-order valence-electron chi connectivity index (χ0n) is 9.75. The van der Waals surface area contributed by atoms with Crippen LogP contribution in [0.4, 0.5) is 5.82 Å². The summed E-state index contributed by atoms with van der Waals surface area (Å²) in [6.07, 6.45) is 1.50. The zero-order chi connectivity index (χ0) is 13.9. The molecular formula is C8H10BrN7O2S. The Kier molecular flexibility index (Phi) is 4.07. The van der Waals surface area contributed by atoms with Gasteiger partial charge < -0.3 is 5.32 Å². The largest absolute Gasteiger partial charge is 0.372 e. The molecule has 0 fully saturated rings. The number of rotatable bonds is 5. The summed E-state index contributed by atoms with van der Waals surface area (Å²) >= 11 is 3.19. The van der Waals surface area contributed by atoms with Crippen LogP contribution in [0, 0.1) is 0 Å². The first-order chi connectivity index (χ1) is 9.03. The number of nitrogens with one attached hydrogen (secondary N) is 3. The maximum atomic E-state index is 12.2. The normalized spacial score (nSPS) is 11.5. The molecule has 0 aromatic carbocycles. The van der Waals surface area contributed by atoms with E-state index >= 15 is 0 Å². The number of hydrogen-bond donors (Lipinski definition) is 3. The molecule has 9 nitrogen and oxygen atoms in total. The van der Waals surface area contributed by atoms with Crippen molar-refractivity contribution >= 4 is 31.8 Å². The fraction of sp³-hybridized carbons (Fsp3) is 0.250. The summed E-state index contributed by atoms with van der Waals surface area (Å²) < 4.78 is 27.2. The van der Waals surface area contributed by atoms with Crippen molar-refractivity contribution in [2.45, 2.75) is 11.4 Å². The molecule has 0 aliphatic carbocycles. The molecule has 2 rings (SSSR count). The summed E-state index contributed by atoms with van der Waals surface area (Å²) in [7, 11) is -2.14. The summed E-state index contributed by atoms with van der Waals surface area (Å²) in [6, 6.07) is 1.46. The van der Waals surface area contributed by atoms with E-state index in [1.54, 1.807) is 7.05 Å². The number of tetrazole rings is 1. The van der Waals surface area contributed by atoms with E-state index in [9.17, 15) is 8.42 Å². The van der Waals surface area contributed by atoms with E-state index in [-0.39, 0.29) is 23.1 Å². The summed E-state index contributed by atoms with van der Waals surface area (Å²) in [5.41, 5.74) is 0. The molecule has 2 aromatic heterocycles. The van der Waals surface area contributed by atoms with Gasteiger partial charge in [0.2, 0.25) is 10.0 Å². The van der Waals surface area contributed by atoms with Crippen molar-refractivity contribution in [1.82, 2.24) is 30.3 Å². The molecule has 2 aromatic rings. The first-order valence-corrected chi connectivity index (χ1v) is 7.36. The van der Waals surface area contributed by atoms with Crippen molar-refractivity contribution in [2.75, 3.05) is 12.4 Å². The van der Waals surface area contributed by atoms with Gasteiger partial charge in [0, 0.05) is 17.7 Å². The SMILES string of the molecule is CNc1ncc(Br)cc1S(=O)(=O)NCc1nn[nH]n1. The number of nitrogens with zero attached hydrogens (tertiary/aromatic N) is 4. The van der Waals surface area contributed by atoms with Gasteiger partial charge in [-0.25, -0.2) is 18.1 Å². The van der Waals surface area contributed by atoms with Crippen LogP contribution in [0.3, 0.4) is 0 Å². The van der Waals surface area contributed by atoms with Gasteiger partial charge in [0.1, 0.15) is 10.7 Å². The molecule has 0 saturated carbocycles. The highest BCUT2D eigenvalue weighted by Crippen LogP contribution is 2.22. The Morgan fingerprint density at radius 3 is 2.89 bits per heavy atom. The first-order valence-electron chi connectivity index (χ1n) is 5.08. The van der Waals surface area contributed by atoms with Crippen LogP contribution in [0.2, 0.25) is 0 Å². The maximum absolute atomic E-state index is 12.2. The number of sulfonamides is 1. The van der Waals surface area contributed by atoms with Crippen LogP contribution in [-0.2, 0) is 16.6 Å². The summed E-state index contributed by atoms with van der Waals surface area (Å²) in [6.45, 7) is -0.0610. The van der Waals surface area contributed by atoms with E-state index in [4.69, 9.17) is 0 Å². The molecule has 0 aliphatic rings.